The second-order valence-corrected chi connectivity index (χ2v) is 3.62. The van der Waals surface area contributed by atoms with Gasteiger partial charge in [0.1, 0.15) is 0 Å². The Morgan fingerprint density at radius 3 is 2.19 bits per heavy atom. The molecule has 0 fully saturated rings. The number of hydrogen-bond acceptors (Lipinski definition) is 2. The molecule has 0 saturated heterocycles. The fourth-order valence-electron chi connectivity index (χ4n) is 1.66. The van der Waals surface area contributed by atoms with Gasteiger partial charge in [-0.05, 0) is 35.7 Å². The van der Waals surface area contributed by atoms with Crippen molar-refractivity contribution in [2.24, 2.45) is 0 Å². The van der Waals surface area contributed by atoms with Gasteiger partial charge in [0.05, 0.1) is 4.92 Å². The van der Waals surface area contributed by atoms with Gasteiger partial charge >= 0.3 is 0 Å². The fraction of sp³-hybridized carbons (Fsp3) is 0.0769. The average Bonchev–Trinajstić information content (AvgIpc) is 2.30. The van der Waals surface area contributed by atoms with Crippen LogP contribution in [0, 0.1) is 17.0 Å². The quantitative estimate of drug-likeness (QED) is 0.565. The summed E-state index contributed by atoms with van der Waals surface area (Å²) in [5.41, 5.74) is 3.40. The minimum Gasteiger partial charge on any atom is -0.258 e. The zero-order chi connectivity index (χ0) is 11.5. The molecule has 0 unspecified atom stereocenters. The zero-order valence-electron chi connectivity index (χ0n) is 8.88. The van der Waals surface area contributed by atoms with E-state index in [0.29, 0.717) is 0 Å². The number of nitrogens with zero attached hydrogens (tertiary/aromatic N) is 1. The Kier molecular flexibility index (Phi) is 2.68. The van der Waals surface area contributed by atoms with Crippen molar-refractivity contribution in [3.8, 4) is 11.1 Å². The topological polar surface area (TPSA) is 43.1 Å². The number of benzene rings is 2. The van der Waals surface area contributed by atoms with Crippen molar-refractivity contribution in [2.45, 2.75) is 6.92 Å². The molecule has 0 heterocycles. The number of aryl methyl sites for hydroxylation is 1. The Labute approximate surface area is 93.5 Å². The smallest absolute Gasteiger partial charge is 0.258 e. The number of rotatable bonds is 2. The highest BCUT2D eigenvalue weighted by atomic mass is 16.6. The highest BCUT2D eigenvalue weighted by molar-refractivity contribution is 5.67. The molecule has 80 valence electrons. The van der Waals surface area contributed by atoms with Gasteiger partial charge in [0, 0.05) is 12.1 Å². The summed E-state index contributed by atoms with van der Waals surface area (Å²) < 4.78 is 0. The third-order valence-electron chi connectivity index (χ3n) is 2.53. The minimum absolute atomic E-state index is 0.123. The van der Waals surface area contributed by atoms with E-state index < -0.39 is 0 Å². The van der Waals surface area contributed by atoms with Crippen LogP contribution in [0.2, 0.25) is 0 Å². The standard InChI is InChI=1S/C13H11NO2/c1-10-4-2-3-5-13(10)11-6-8-12(9-7-11)14(15)16/h2-9H,1H3. The van der Waals surface area contributed by atoms with Crippen LogP contribution in [0.5, 0.6) is 0 Å². The van der Waals surface area contributed by atoms with Gasteiger partial charge in [0.25, 0.3) is 5.69 Å². The molecule has 0 bridgehead atoms. The first-order valence-electron chi connectivity index (χ1n) is 4.99. The van der Waals surface area contributed by atoms with Crippen molar-refractivity contribution in [3.63, 3.8) is 0 Å². The minimum atomic E-state index is -0.387. The van der Waals surface area contributed by atoms with Gasteiger partial charge in [-0.15, -0.1) is 0 Å². The Morgan fingerprint density at radius 2 is 1.62 bits per heavy atom. The maximum atomic E-state index is 10.5. The molecule has 0 radical (unpaired) electrons. The Balaban J connectivity index is 2.43. The molecule has 2 aromatic carbocycles. The molecular weight excluding hydrogens is 202 g/mol. The van der Waals surface area contributed by atoms with E-state index >= 15 is 0 Å². The van der Waals surface area contributed by atoms with Gasteiger partial charge in [-0.3, -0.25) is 10.1 Å². The summed E-state index contributed by atoms with van der Waals surface area (Å²) in [6, 6.07) is 14.6. The highest BCUT2D eigenvalue weighted by Crippen LogP contribution is 2.24. The highest BCUT2D eigenvalue weighted by Gasteiger charge is 2.05. The number of nitro groups is 1. The monoisotopic (exact) mass is 213 g/mol. The molecule has 0 aliphatic carbocycles. The summed E-state index contributed by atoms with van der Waals surface area (Å²) in [6.45, 7) is 2.02. The summed E-state index contributed by atoms with van der Waals surface area (Å²) in [4.78, 5) is 10.1. The summed E-state index contributed by atoms with van der Waals surface area (Å²) in [6.07, 6.45) is 0. The van der Waals surface area contributed by atoms with E-state index in [9.17, 15) is 10.1 Å². The summed E-state index contributed by atoms with van der Waals surface area (Å²) >= 11 is 0. The predicted molar refractivity (Wildman–Crippen MR) is 63.3 cm³/mol. The van der Waals surface area contributed by atoms with E-state index in [-0.39, 0.29) is 10.6 Å². The molecule has 3 heteroatoms. The number of non-ortho nitro benzene ring substituents is 1. The van der Waals surface area contributed by atoms with Crippen LogP contribution in [-0.4, -0.2) is 4.92 Å². The van der Waals surface area contributed by atoms with Crippen LogP contribution in [-0.2, 0) is 0 Å². The molecule has 0 aliphatic rings. The lowest BCUT2D eigenvalue weighted by atomic mass is 10.0. The van der Waals surface area contributed by atoms with E-state index in [1.54, 1.807) is 12.1 Å². The van der Waals surface area contributed by atoms with Gasteiger partial charge in [0.2, 0.25) is 0 Å². The molecule has 2 rings (SSSR count). The third kappa shape index (κ3) is 1.93. The molecule has 2 aromatic rings. The van der Waals surface area contributed by atoms with Crippen LogP contribution in [0.25, 0.3) is 11.1 Å². The first kappa shape index (κ1) is 10.4. The zero-order valence-corrected chi connectivity index (χ0v) is 8.88. The maximum Gasteiger partial charge on any atom is 0.269 e. The van der Waals surface area contributed by atoms with E-state index in [0.717, 1.165) is 16.7 Å². The second-order valence-electron chi connectivity index (χ2n) is 3.62. The molecule has 0 saturated carbocycles. The Hall–Kier alpha value is -2.16. The van der Waals surface area contributed by atoms with Gasteiger partial charge in [-0.2, -0.15) is 0 Å². The fourth-order valence-corrected chi connectivity index (χ4v) is 1.66. The van der Waals surface area contributed by atoms with E-state index in [1.165, 1.54) is 12.1 Å². The second kappa shape index (κ2) is 4.14. The number of nitro benzene ring substituents is 1. The van der Waals surface area contributed by atoms with E-state index in [2.05, 4.69) is 0 Å². The maximum absolute atomic E-state index is 10.5. The van der Waals surface area contributed by atoms with Crippen LogP contribution < -0.4 is 0 Å². The van der Waals surface area contributed by atoms with Crippen LogP contribution in [0.1, 0.15) is 5.56 Å². The van der Waals surface area contributed by atoms with E-state index in [1.807, 2.05) is 31.2 Å². The summed E-state index contributed by atoms with van der Waals surface area (Å²) in [7, 11) is 0. The molecule has 3 nitrogen and oxygen atoms in total. The van der Waals surface area contributed by atoms with Gasteiger partial charge < -0.3 is 0 Å². The summed E-state index contributed by atoms with van der Waals surface area (Å²) in [5, 5.41) is 10.5. The first-order chi connectivity index (χ1) is 7.68. The van der Waals surface area contributed by atoms with Crippen LogP contribution >= 0.6 is 0 Å². The van der Waals surface area contributed by atoms with Crippen molar-refractivity contribution < 1.29 is 4.92 Å². The van der Waals surface area contributed by atoms with Gasteiger partial charge in [-0.25, -0.2) is 0 Å². The molecule has 16 heavy (non-hydrogen) atoms. The SMILES string of the molecule is Cc1ccccc1-c1ccc([N+](=O)[O-])cc1. The van der Waals surface area contributed by atoms with Crippen LogP contribution in [0.15, 0.2) is 48.5 Å². The molecule has 0 atom stereocenters. The van der Waals surface area contributed by atoms with Crippen molar-refractivity contribution >= 4 is 5.69 Å². The van der Waals surface area contributed by atoms with Crippen molar-refractivity contribution in [1.82, 2.24) is 0 Å². The van der Waals surface area contributed by atoms with Crippen molar-refractivity contribution in [2.75, 3.05) is 0 Å². The van der Waals surface area contributed by atoms with E-state index in [4.69, 9.17) is 0 Å². The number of hydrogen-bond donors (Lipinski definition) is 0. The molecule has 0 spiro atoms. The molecule has 0 amide bonds. The largest absolute Gasteiger partial charge is 0.269 e. The van der Waals surface area contributed by atoms with Crippen LogP contribution in [0.4, 0.5) is 5.69 Å². The van der Waals surface area contributed by atoms with Crippen LogP contribution in [0.3, 0.4) is 0 Å². The lowest BCUT2D eigenvalue weighted by Gasteiger charge is -2.04. The lowest BCUT2D eigenvalue weighted by molar-refractivity contribution is -0.384. The Morgan fingerprint density at radius 1 is 1.00 bits per heavy atom. The lowest BCUT2D eigenvalue weighted by Crippen LogP contribution is -1.88. The molecule has 0 N–H and O–H groups in total. The average molecular weight is 213 g/mol. The van der Waals surface area contributed by atoms with Gasteiger partial charge in [-0.1, -0.05) is 24.3 Å². The van der Waals surface area contributed by atoms with Crippen molar-refractivity contribution in [3.05, 3.63) is 64.2 Å². The van der Waals surface area contributed by atoms with Crippen molar-refractivity contribution in [1.29, 1.82) is 0 Å². The predicted octanol–water partition coefficient (Wildman–Crippen LogP) is 3.57. The first-order valence-corrected chi connectivity index (χ1v) is 4.99. The molecule has 0 aromatic heterocycles. The van der Waals surface area contributed by atoms with Gasteiger partial charge in [0.15, 0.2) is 0 Å². The summed E-state index contributed by atoms with van der Waals surface area (Å²) in [5.74, 6) is 0. The molecular formula is C13H11NO2. The Bertz CT molecular complexity index is 518. The third-order valence-corrected chi connectivity index (χ3v) is 2.53. The normalized spacial score (nSPS) is 10.1. The molecule has 0 aliphatic heterocycles.